The lowest BCUT2D eigenvalue weighted by atomic mass is 10.1. The van der Waals surface area contributed by atoms with Gasteiger partial charge in [-0.25, -0.2) is 0 Å². The van der Waals surface area contributed by atoms with Crippen LogP contribution in [0.25, 0.3) is 10.8 Å². The third-order valence-corrected chi connectivity index (χ3v) is 5.98. The first kappa shape index (κ1) is 12.3. The zero-order chi connectivity index (χ0) is 13.7. The van der Waals surface area contributed by atoms with Gasteiger partial charge in [0, 0.05) is 17.2 Å². The standard InChI is InChI=1S/C15H11NO2S2/c17-13-11-7-9-3-1-2-4-10(9)8-12(11)20-15(18)14-16(13)5-6-19-14/h1-4,7-8,14H,5-6H2/t14-/m0/s1. The first-order chi connectivity index (χ1) is 9.74. The van der Waals surface area contributed by atoms with Crippen molar-refractivity contribution in [3.8, 4) is 0 Å². The molecule has 1 fully saturated rings. The lowest BCUT2D eigenvalue weighted by Crippen LogP contribution is -2.36. The number of rotatable bonds is 0. The lowest BCUT2D eigenvalue weighted by molar-refractivity contribution is -0.112. The number of amides is 1. The molecule has 0 bridgehead atoms. The Hall–Kier alpha value is -1.46. The maximum absolute atomic E-state index is 12.7. The molecule has 0 aliphatic carbocycles. The summed E-state index contributed by atoms with van der Waals surface area (Å²) in [7, 11) is 0. The smallest absolute Gasteiger partial charge is 0.256 e. The fourth-order valence-electron chi connectivity index (χ4n) is 2.66. The third kappa shape index (κ3) is 1.77. The van der Waals surface area contributed by atoms with Crippen molar-refractivity contribution in [3.05, 3.63) is 42.0 Å². The van der Waals surface area contributed by atoms with Gasteiger partial charge in [0.25, 0.3) is 5.91 Å². The highest BCUT2D eigenvalue weighted by Crippen LogP contribution is 2.39. The van der Waals surface area contributed by atoms with Crippen LogP contribution in [0.5, 0.6) is 0 Å². The summed E-state index contributed by atoms with van der Waals surface area (Å²) in [6.07, 6.45) is 0. The Kier molecular flexibility index (Phi) is 2.79. The molecule has 0 unspecified atom stereocenters. The summed E-state index contributed by atoms with van der Waals surface area (Å²) < 4.78 is 0. The van der Waals surface area contributed by atoms with Gasteiger partial charge in [0.2, 0.25) is 5.12 Å². The summed E-state index contributed by atoms with van der Waals surface area (Å²) in [5.41, 5.74) is 0.659. The van der Waals surface area contributed by atoms with Crippen LogP contribution < -0.4 is 0 Å². The first-order valence-corrected chi connectivity index (χ1v) is 8.27. The van der Waals surface area contributed by atoms with Crippen molar-refractivity contribution in [3.63, 3.8) is 0 Å². The molecule has 2 aromatic rings. The van der Waals surface area contributed by atoms with Crippen LogP contribution in [0.15, 0.2) is 41.3 Å². The molecule has 1 saturated heterocycles. The first-order valence-electron chi connectivity index (χ1n) is 6.41. The molecule has 0 radical (unpaired) electrons. The topological polar surface area (TPSA) is 37.4 Å². The van der Waals surface area contributed by atoms with Crippen LogP contribution in [0.1, 0.15) is 10.4 Å². The molecule has 1 amide bonds. The van der Waals surface area contributed by atoms with Crippen LogP contribution >= 0.6 is 23.5 Å². The van der Waals surface area contributed by atoms with Gasteiger partial charge in [-0.2, -0.15) is 0 Å². The van der Waals surface area contributed by atoms with E-state index in [1.807, 2.05) is 36.4 Å². The normalized spacial score (nSPS) is 21.8. The second kappa shape index (κ2) is 4.53. The summed E-state index contributed by atoms with van der Waals surface area (Å²) in [6, 6.07) is 11.8. The Morgan fingerprint density at radius 3 is 2.65 bits per heavy atom. The maximum Gasteiger partial charge on any atom is 0.256 e. The zero-order valence-electron chi connectivity index (χ0n) is 10.5. The van der Waals surface area contributed by atoms with Gasteiger partial charge in [-0.15, -0.1) is 11.8 Å². The van der Waals surface area contributed by atoms with Crippen molar-refractivity contribution < 1.29 is 9.59 Å². The van der Waals surface area contributed by atoms with Gasteiger partial charge < -0.3 is 4.90 Å². The maximum atomic E-state index is 12.7. The monoisotopic (exact) mass is 301 g/mol. The molecule has 20 heavy (non-hydrogen) atoms. The third-order valence-electron chi connectivity index (χ3n) is 3.64. The fourth-order valence-corrected chi connectivity index (χ4v) is 4.94. The molecule has 2 heterocycles. The summed E-state index contributed by atoms with van der Waals surface area (Å²) in [4.78, 5) is 27.4. The van der Waals surface area contributed by atoms with E-state index >= 15 is 0 Å². The number of thioether (sulfide) groups is 2. The summed E-state index contributed by atoms with van der Waals surface area (Å²) >= 11 is 2.77. The molecule has 2 aliphatic heterocycles. The highest BCUT2D eigenvalue weighted by molar-refractivity contribution is 8.16. The molecule has 0 N–H and O–H groups in total. The molecule has 0 spiro atoms. The molecule has 1 atom stereocenters. The highest BCUT2D eigenvalue weighted by Gasteiger charge is 2.39. The van der Waals surface area contributed by atoms with Crippen LogP contribution in [0.4, 0.5) is 0 Å². The number of carbonyl (C=O) groups excluding carboxylic acids is 2. The van der Waals surface area contributed by atoms with E-state index in [9.17, 15) is 9.59 Å². The Bertz CT molecular complexity index is 744. The zero-order valence-corrected chi connectivity index (χ0v) is 12.2. The Morgan fingerprint density at radius 2 is 1.85 bits per heavy atom. The van der Waals surface area contributed by atoms with Crippen LogP contribution in [-0.4, -0.2) is 33.6 Å². The van der Waals surface area contributed by atoms with Gasteiger partial charge in [-0.3, -0.25) is 9.59 Å². The average molecular weight is 301 g/mol. The second-order valence-corrected chi connectivity index (χ2v) is 7.07. The predicted molar refractivity (Wildman–Crippen MR) is 82.1 cm³/mol. The summed E-state index contributed by atoms with van der Waals surface area (Å²) in [5, 5.41) is 1.85. The quantitative estimate of drug-likeness (QED) is 0.749. The number of benzene rings is 2. The minimum atomic E-state index is -0.317. The SMILES string of the molecule is O=C1Sc2cc3ccccc3cc2C(=O)N2CCS[C@@H]12. The molecule has 4 rings (SSSR count). The van der Waals surface area contributed by atoms with E-state index in [-0.39, 0.29) is 16.4 Å². The largest absolute Gasteiger partial charge is 0.318 e. The van der Waals surface area contributed by atoms with Crippen LogP contribution in [-0.2, 0) is 4.79 Å². The second-order valence-electron chi connectivity index (χ2n) is 4.84. The molecule has 5 heteroatoms. The van der Waals surface area contributed by atoms with Gasteiger partial charge >= 0.3 is 0 Å². The van der Waals surface area contributed by atoms with Crippen LogP contribution in [0.3, 0.4) is 0 Å². The van der Waals surface area contributed by atoms with Crippen molar-refractivity contribution in [1.29, 1.82) is 0 Å². The van der Waals surface area contributed by atoms with Crippen molar-refractivity contribution in [2.24, 2.45) is 0 Å². The highest BCUT2D eigenvalue weighted by atomic mass is 32.2. The molecule has 0 saturated carbocycles. The van der Waals surface area contributed by atoms with Gasteiger partial charge in [-0.05, 0) is 34.7 Å². The minimum Gasteiger partial charge on any atom is -0.318 e. The van der Waals surface area contributed by atoms with Crippen molar-refractivity contribution in [2.45, 2.75) is 10.3 Å². The minimum absolute atomic E-state index is 0.0147. The van der Waals surface area contributed by atoms with Gasteiger partial charge in [-0.1, -0.05) is 24.3 Å². The summed E-state index contributed by atoms with van der Waals surface area (Å²) in [6.45, 7) is 0.659. The molecular weight excluding hydrogens is 290 g/mol. The average Bonchev–Trinajstić information content (AvgIpc) is 2.92. The van der Waals surface area contributed by atoms with Crippen LogP contribution in [0, 0.1) is 0 Å². The number of nitrogens with zero attached hydrogens (tertiary/aromatic N) is 1. The van der Waals surface area contributed by atoms with Gasteiger partial charge in [0.15, 0.2) is 0 Å². The lowest BCUT2D eigenvalue weighted by Gasteiger charge is -2.19. The van der Waals surface area contributed by atoms with E-state index in [1.54, 1.807) is 16.7 Å². The fraction of sp³-hybridized carbons (Fsp3) is 0.200. The van der Waals surface area contributed by atoms with E-state index in [1.165, 1.54) is 11.8 Å². The molecule has 2 aromatic carbocycles. The van der Waals surface area contributed by atoms with Crippen molar-refractivity contribution in [1.82, 2.24) is 4.90 Å². The molecular formula is C15H11NO2S2. The number of hydrogen-bond donors (Lipinski definition) is 0. The van der Waals surface area contributed by atoms with Gasteiger partial charge in [0.05, 0.1) is 5.56 Å². The number of fused-ring (bicyclic) bond motifs is 3. The predicted octanol–water partition coefficient (Wildman–Crippen LogP) is 2.99. The number of carbonyl (C=O) groups is 2. The Balaban J connectivity index is 1.94. The summed E-state index contributed by atoms with van der Waals surface area (Å²) in [5.74, 6) is 0.824. The molecule has 2 aliphatic rings. The van der Waals surface area contributed by atoms with E-state index in [0.717, 1.165) is 21.4 Å². The molecule has 0 aromatic heterocycles. The van der Waals surface area contributed by atoms with E-state index in [4.69, 9.17) is 0 Å². The van der Waals surface area contributed by atoms with Crippen molar-refractivity contribution >= 4 is 45.3 Å². The molecule has 100 valence electrons. The molecule has 3 nitrogen and oxygen atoms in total. The van der Waals surface area contributed by atoms with E-state index < -0.39 is 0 Å². The Morgan fingerprint density at radius 1 is 1.10 bits per heavy atom. The van der Waals surface area contributed by atoms with Gasteiger partial charge in [0.1, 0.15) is 5.37 Å². The van der Waals surface area contributed by atoms with Crippen LogP contribution in [0.2, 0.25) is 0 Å². The Labute approximate surface area is 124 Å². The van der Waals surface area contributed by atoms with E-state index in [2.05, 4.69) is 0 Å². The van der Waals surface area contributed by atoms with E-state index in [0.29, 0.717) is 12.1 Å². The number of hydrogen-bond acceptors (Lipinski definition) is 4. The van der Waals surface area contributed by atoms with Crippen molar-refractivity contribution in [2.75, 3.05) is 12.3 Å².